The van der Waals surface area contributed by atoms with E-state index in [1.807, 2.05) is 0 Å². The molecule has 0 saturated heterocycles. The molecule has 0 fully saturated rings. The summed E-state index contributed by atoms with van der Waals surface area (Å²) in [6, 6.07) is 6.56. The highest BCUT2D eigenvalue weighted by Gasteiger charge is 2.37. The van der Waals surface area contributed by atoms with Gasteiger partial charge in [-0.2, -0.15) is 13.2 Å². The molecular formula is C17H13F4N5O3. The quantitative estimate of drug-likeness (QED) is 0.318. The van der Waals surface area contributed by atoms with Crippen molar-refractivity contribution in [3.05, 3.63) is 69.0 Å². The van der Waals surface area contributed by atoms with E-state index in [2.05, 4.69) is 10.4 Å². The Morgan fingerprint density at radius 1 is 1.21 bits per heavy atom. The maximum atomic E-state index is 13.5. The summed E-state index contributed by atoms with van der Waals surface area (Å²) in [5.74, 6) is -1.45. The van der Waals surface area contributed by atoms with Crippen LogP contribution in [0.5, 0.6) is 0 Å². The highest BCUT2D eigenvalue weighted by atomic mass is 19.4. The Morgan fingerprint density at radius 3 is 2.52 bits per heavy atom. The summed E-state index contributed by atoms with van der Waals surface area (Å²) in [6.45, 7) is 1.57. The fraction of sp³-hybridized carbons (Fsp3) is 0.235. The molecule has 8 nitrogen and oxygen atoms in total. The summed E-state index contributed by atoms with van der Waals surface area (Å²) >= 11 is 0. The Morgan fingerprint density at radius 2 is 1.93 bits per heavy atom. The molecular weight excluding hydrogens is 398 g/mol. The summed E-state index contributed by atoms with van der Waals surface area (Å²) < 4.78 is 52.3. The largest absolute Gasteiger partial charge is 0.419 e. The van der Waals surface area contributed by atoms with Crippen LogP contribution in [-0.4, -0.2) is 22.4 Å². The van der Waals surface area contributed by atoms with E-state index in [4.69, 9.17) is 0 Å². The molecule has 3 rings (SSSR count). The standard InChI is InChI=1S/C17H13F4N5O3/c1-10-6-11(2-5-15(10)26(28)29)8-24-16(9-27)25(23-22-24)12-3-4-14(18)13(7-12)17(19,20)21/h2-7,9,16H,8H2,1H3. The number of halogens is 4. The van der Waals surface area contributed by atoms with Gasteiger partial charge in [-0.15, -0.1) is 0 Å². The second-order valence-corrected chi connectivity index (χ2v) is 6.21. The summed E-state index contributed by atoms with van der Waals surface area (Å²) in [5.41, 5.74) is -0.745. The molecule has 1 aliphatic rings. The molecule has 1 heterocycles. The third-order valence-electron chi connectivity index (χ3n) is 4.25. The van der Waals surface area contributed by atoms with E-state index in [1.165, 1.54) is 23.2 Å². The summed E-state index contributed by atoms with van der Waals surface area (Å²) in [6.07, 6.45) is -5.66. The minimum atomic E-state index is -4.91. The number of anilines is 1. The molecule has 0 bridgehead atoms. The van der Waals surface area contributed by atoms with Gasteiger partial charge in [0.2, 0.25) is 0 Å². The van der Waals surface area contributed by atoms with Crippen LogP contribution in [0.1, 0.15) is 16.7 Å². The molecule has 0 aromatic heterocycles. The van der Waals surface area contributed by atoms with Gasteiger partial charge in [0, 0.05) is 11.6 Å². The Bertz CT molecular complexity index is 996. The lowest BCUT2D eigenvalue weighted by atomic mass is 10.1. The van der Waals surface area contributed by atoms with E-state index < -0.39 is 28.6 Å². The maximum Gasteiger partial charge on any atom is 0.419 e. The molecule has 29 heavy (non-hydrogen) atoms. The summed E-state index contributed by atoms with van der Waals surface area (Å²) in [4.78, 5) is 21.9. The van der Waals surface area contributed by atoms with Crippen LogP contribution in [-0.2, 0) is 17.5 Å². The van der Waals surface area contributed by atoms with Gasteiger partial charge < -0.3 is 0 Å². The van der Waals surface area contributed by atoms with E-state index in [0.29, 0.717) is 29.5 Å². The van der Waals surface area contributed by atoms with Gasteiger partial charge in [0.25, 0.3) is 5.69 Å². The molecule has 0 amide bonds. The van der Waals surface area contributed by atoms with Crippen LogP contribution in [0.25, 0.3) is 0 Å². The van der Waals surface area contributed by atoms with Crippen molar-refractivity contribution in [3.63, 3.8) is 0 Å². The number of nitro groups is 1. The van der Waals surface area contributed by atoms with Crippen LogP contribution in [0, 0.1) is 22.9 Å². The molecule has 1 atom stereocenters. The van der Waals surface area contributed by atoms with Crippen molar-refractivity contribution in [2.75, 3.05) is 5.01 Å². The number of aldehydes is 1. The second kappa shape index (κ2) is 7.45. The molecule has 2 aromatic rings. The van der Waals surface area contributed by atoms with Gasteiger partial charge >= 0.3 is 6.18 Å². The maximum absolute atomic E-state index is 13.5. The van der Waals surface area contributed by atoms with Crippen molar-refractivity contribution >= 4 is 17.7 Å². The molecule has 12 heteroatoms. The summed E-state index contributed by atoms with van der Waals surface area (Å²) in [5, 5.41) is 20.5. The third kappa shape index (κ3) is 4.00. The topological polar surface area (TPSA) is 91.4 Å². The molecule has 0 radical (unpaired) electrons. The van der Waals surface area contributed by atoms with Gasteiger partial charge in [0.05, 0.1) is 22.7 Å². The normalized spacial score (nSPS) is 16.4. The predicted molar refractivity (Wildman–Crippen MR) is 92.0 cm³/mol. The first kappa shape index (κ1) is 20.2. The monoisotopic (exact) mass is 411 g/mol. The van der Waals surface area contributed by atoms with Crippen LogP contribution in [0.4, 0.5) is 28.9 Å². The molecule has 0 saturated carbocycles. The predicted octanol–water partition coefficient (Wildman–Crippen LogP) is 4.19. The van der Waals surface area contributed by atoms with E-state index in [1.54, 1.807) is 6.92 Å². The first-order valence-corrected chi connectivity index (χ1v) is 8.15. The fourth-order valence-electron chi connectivity index (χ4n) is 2.86. The van der Waals surface area contributed by atoms with Crippen molar-refractivity contribution < 1.29 is 27.3 Å². The van der Waals surface area contributed by atoms with E-state index in [9.17, 15) is 32.5 Å². The van der Waals surface area contributed by atoms with Crippen LogP contribution < -0.4 is 5.01 Å². The number of benzene rings is 2. The highest BCUT2D eigenvalue weighted by Crippen LogP contribution is 2.35. The second-order valence-electron chi connectivity index (χ2n) is 6.21. The van der Waals surface area contributed by atoms with Crippen LogP contribution >= 0.6 is 0 Å². The minimum Gasteiger partial charge on any atom is -0.299 e. The van der Waals surface area contributed by atoms with Crippen LogP contribution in [0.15, 0.2) is 46.8 Å². The Hall–Kier alpha value is -3.57. The molecule has 152 valence electrons. The lowest BCUT2D eigenvalue weighted by Crippen LogP contribution is -2.39. The van der Waals surface area contributed by atoms with Crippen LogP contribution in [0.2, 0.25) is 0 Å². The van der Waals surface area contributed by atoms with E-state index in [-0.39, 0.29) is 17.9 Å². The zero-order valence-electron chi connectivity index (χ0n) is 14.8. The Balaban J connectivity index is 1.84. The van der Waals surface area contributed by atoms with Crippen molar-refractivity contribution in [2.45, 2.75) is 25.8 Å². The number of hydrogen-bond acceptors (Lipinski definition) is 7. The zero-order chi connectivity index (χ0) is 21.3. The van der Waals surface area contributed by atoms with Gasteiger partial charge in [-0.05, 0) is 42.0 Å². The van der Waals surface area contributed by atoms with Gasteiger partial charge in [0.1, 0.15) is 5.82 Å². The number of alkyl halides is 3. The minimum absolute atomic E-state index is 0.0234. The molecule has 1 aliphatic heterocycles. The average molecular weight is 411 g/mol. The van der Waals surface area contributed by atoms with E-state index >= 15 is 0 Å². The number of carbonyl (C=O) groups is 1. The number of carbonyl (C=O) groups excluding carboxylic acids is 1. The van der Waals surface area contributed by atoms with Gasteiger partial charge in [-0.3, -0.25) is 14.9 Å². The lowest BCUT2D eigenvalue weighted by molar-refractivity contribution is -0.385. The van der Waals surface area contributed by atoms with Crippen molar-refractivity contribution in [3.8, 4) is 0 Å². The average Bonchev–Trinajstić information content (AvgIpc) is 3.03. The van der Waals surface area contributed by atoms with E-state index in [0.717, 1.165) is 11.1 Å². The molecule has 2 aromatic carbocycles. The molecule has 0 aliphatic carbocycles. The lowest BCUT2D eigenvalue weighted by Gasteiger charge is -2.24. The first-order valence-electron chi connectivity index (χ1n) is 8.15. The Labute approximate surface area is 161 Å². The van der Waals surface area contributed by atoms with Crippen molar-refractivity contribution in [1.82, 2.24) is 5.01 Å². The molecule has 0 N–H and O–H groups in total. The summed E-state index contributed by atoms with van der Waals surface area (Å²) in [7, 11) is 0. The van der Waals surface area contributed by atoms with Gasteiger partial charge in [-0.1, -0.05) is 11.3 Å². The molecule has 1 unspecified atom stereocenters. The highest BCUT2D eigenvalue weighted by molar-refractivity contribution is 5.66. The smallest absolute Gasteiger partial charge is 0.299 e. The third-order valence-corrected chi connectivity index (χ3v) is 4.25. The number of hydrogen-bond donors (Lipinski definition) is 0. The van der Waals surface area contributed by atoms with Gasteiger partial charge in [0.15, 0.2) is 12.5 Å². The number of nitro benzene ring substituents is 1. The van der Waals surface area contributed by atoms with Gasteiger partial charge in [-0.25, -0.2) is 14.4 Å². The van der Waals surface area contributed by atoms with Crippen molar-refractivity contribution in [1.29, 1.82) is 0 Å². The van der Waals surface area contributed by atoms with Crippen molar-refractivity contribution in [2.24, 2.45) is 10.4 Å². The Kier molecular flexibility index (Phi) is 5.18. The number of nitrogens with zero attached hydrogens (tertiary/aromatic N) is 5. The fourth-order valence-corrected chi connectivity index (χ4v) is 2.86. The number of aryl methyl sites for hydroxylation is 1. The number of rotatable bonds is 5. The first-order chi connectivity index (χ1) is 13.6. The van der Waals surface area contributed by atoms with Crippen LogP contribution in [0.3, 0.4) is 0 Å². The molecule has 0 spiro atoms. The zero-order valence-corrected chi connectivity index (χ0v) is 14.8. The SMILES string of the molecule is Cc1cc(CN2N=NN(c3ccc(F)c(C(F)(F)F)c3)C2C=O)ccc1[N+](=O)[O-].